The Bertz CT molecular complexity index is 335. The van der Waals surface area contributed by atoms with Crippen molar-refractivity contribution >= 4 is 11.9 Å². The van der Waals surface area contributed by atoms with Crippen molar-refractivity contribution in [2.75, 3.05) is 31.3 Å². The van der Waals surface area contributed by atoms with Gasteiger partial charge in [-0.2, -0.15) is 15.0 Å². The second-order valence-corrected chi connectivity index (χ2v) is 2.75. The number of hydrogen-bond acceptors (Lipinski definition) is 6. The van der Waals surface area contributed by atoms with Crippen LogP contribution in [0.1, 0.15) is 0 Å². The number of halogens is 2. The van der Waals surface area contributed by atoms with Crippen LogP contribution in [0.15, 0.2) is 0 Å². The lowest BCUT2D eigenvalue weighted by Gasteiger charge is -2.16. The highest BCUT2D eigenvalue weighted by atomic mass is 19.3. The van der Waals surface area contributed by atoms with Gasteiger partial charge in [-0.3, -0.25) is 0 Å². The van der Waals surface area contributed by atoms with Crippen molar-refractivity contribution in [2.24, 2.45) is 0 Å². The number of methoxy groups -OCH3 is 1. The van der Waals surface area contributed by atoms with Gasteiger partial charge in [0.25, 0.3) is 6.43 Å². The molecule has 1 aromatic heterocycles. The molecule has 0 fully saturated rings. The molecule has 1 aromatic rings. The smallest absolute Gasteiger partial charge is 0.322 e. The summed E-state index contributed by atoms with van der Waals surface area (Å²) in [6, 6.07) is -0.00128. The molecular weight excluding hydrogens is 208 g/mol. The van der Waals surface area contributed by atoms with E-state index in [0.717, 1.165) is 0 Å². The molecule has 0 bridgehead atoms. The first-order valence-electron chi connectivity index (χ1n) is 4.07. The van der Waals surface area contributed by atoms with Crippen molar-refractivity contribution in [2.45, 2.75) is 6.43 Å². The Kier molecular flexibility index (Phi) is 3.53. The van der Waals surface area contributed by atoms with Gasteiger partial charge >= 0.3 is 6.01 Å². The quantitative estimate of drug-likeness (QED) is 0.777. The van der Waals surface area contributed by atoms with Gasteiger partial charge in [-0.1, -0.05) is 0 Å². The summed E-state index contributed by atoms with van der Waals surface area (Å²) < 4.78 is 28.9. The Labute approximate surface area is 85.1 Å². The van der Waals surface area contributed by atoms with Crippen molar-refractivity contribution in [3.05, 3.63) is 0 Å². The highest BCUT2D eigenvalue weighted by Gasteiger charge is 2.13. The van der Waals surface area contributed by atoms with Crippen LogP contribution in [-0.2, 0) is 0 Å². The van der Waals surface area contributed by atoms with Gasteiger partial charge in [0, 0.05) is 7.05 Å². The zero-order chi connectivity index (χ0) is 11.4. The fraction of sp³-hybridized carbons (Fsp3) is 0.571. The largest absolute Gasteiger partial charge is 0.467 e. The van der Waals surface area contributed by atoms with Crippen LogP contribution in [0.25, 0.3) is 0 Å². The zero-order valence-electron chi connectivity index (χ0n) is 8.31. The molecule has 0 aromatic carbocycles. The number of hydrogen-bond donors (Lipinski definition) is 1. The molecule has 8 heteroatoms. The highest BCUT2D eigenvalue weighted by Crippen LogP contribution is 2.12. The van der Waals surface area contributed by atoms with E-state index in [4.69, 9.17) is 10.5 Å². The number of aromatic nitrogens is 3. The first-order chi connectivity index (χ1) is 7.02. The zero-order valence-corrected chi connectivity index (χ0v) is 8.31. The molecule has 0 aliphatic carbocycles. The number of alkyl halides is 2. The van der Waals surface area contributed by atoms with Gasteiger partial charge in [-0.05, 0) is 0 Å². The lowest BCUT2D eigenvalue weighted by atomic mass is 10.6. The molecular formula is C7H11F2N5O. The molecule has 0 radical (unpaired) electrons. The first kappa shape index (κ1) is 11.3. The van der Waals surface area contributed by atoms with Crippen LogP contribution in [0.4, 0.5) is 20.7 Å². The highest BCUT2D eigenvalue weighted by molar-refractivity contribution is 5.34. The van der Waals surface area contributed by atoms with Crippen molar-refractivity contribution in [3.63, 3.8) is 0 Å². The monoisotopic (exact) mass is 219 g/mol. The second kappa shape index (κ2) is 4.67. The minimum atomic E-state index is -2.47. The molecule has 0 amide bonds. The molecule has 0 saturated carbocycles. The first-order valence-corrected chi connectivity index (χ1v) is 4.07. The maximum atomic E-state index is 12.1. The standard InChI is InChI=1S/C7H11F2N5O/c1-14(3-4(8)9)6-11-5(10)12-7(13-6)15-2/h4H,3H2,1-2H3,(H2,10,11,12,13). The summed E-state index contributed by atoms with van der Waals surface area (Å²) >= 11 is 0. The van der Waals surface area contributed by atoms with Gasteiger partial charge in [-0.25, -0.2) is 8.78 Å². The van der Waals surface area contributed by atoms with Crippen LogP contribution in [0.3, 0.4) is 0 Å². The Morgan fingerprint density at radius 3 is 2.60 bits per heavy atom. The van der Waals surface area contributed by atoms with Crippen molar-refractivity contribution in [1.29, 1.82) is 0 Å². The predicted molar refractivity (Wildman–Crippen MR) is 50.1 cm³/mol. The maximum Gasteiger partial charge on any atom is 0.322 e. The van der Waals surface area contributed by atoms with E-state index in [1.807, 2.05) is 0 Å². The summed E-state index contributed by atoms with van der Waals surface area (Å²) in [4.78, 5) is 12.3. The summed E-state index contributed by atoms with van der Waals surface area (Å²) in [6.45, 7) is -0.480. The summed E-state index contributed by atoms with van der Waals surface area (Å²) in [5, 5.41) is 0. The van der Waals surface area contributed by atoms with Gasteiger partial charge < -0.3 is 15.4 Å². The minimum absolute atomic E-state index is 0.00128. The van der Waals surface area contributed by atoms with E-state index in [9.17, 15) is 8.78 Å². The average molecular weight is 219 g/mol. The Morgan fingerprint density at radius 1 is 1.40 bits per heavy atom. The van der Waals surface area contributed by atoms with E-state index in [2.05, 4.69) is 15.0 Å². The average Bonchev–Trinajstić information content (AvgIpc) is 2.15. The number of nitrogens with zero attached hydrogens (tertiary/aromatic N) is 4. The number of nitrogens with two attached hydrogens (primary N) is 1. The molecule has 0 saturated heterocycles. The van der Waals surface area contributed by atoms with Crippen LogP contribution in [-0.4, -0.2) is 42.1 Å². The lowest BCUT2D eigenvalue weighted by molar-refractivity contribution is 0.156. The molecule has 0 unspecified atom stereocenters. The molecule has 1 heterocycles. The van der Waals surface area contributed by atoms with Crippen LogP contribution >= 0.6 is 0 Å². The normalized spacial score (nSPS) is 10.5. The molecule has 0 aliphatic rings. The molecule has 1 rings (SSSR count). The summed E-state index contributed by atoms with van der Waals surface area (Å²) in [5.74, 6) is -0.0161. The summed E-state index contributed by atoms with van der Waals surface area (Å²) in [6.07, 6.45) is -2.47. The summed E-state index contributed by atoms with van der Waals surface area (Å²) in [5.41, 5.74) is 5.35. The topological polar surface area (TPSA) is 77.2 Å². The number of ether oxygens (including phenoxy) is 1. The van der Waals surface area contributed by atoms with Gasteiger partial charge in [0.05, 0.1) is 13.7 Å². The molecule has 2 N–H and O–H groups in total. The SMILES string of the molecule is COc1nc(N)nc(N(C)CC(F)F)n1. The van der Waals surface area contributed by atoms with E-state index in [0.29, 0.717) is 0 Å². The lowest BCUT2D eigenvalue weighted by Crippen LogP contribution is -2.26. The maximum absolute atomic E-state index is 12.1. The van der Waals surface area contributed by atoms with Crippen molar-refractivity contribution < 1.29 is 13.5 Å². The van der Waals surface area contributed by atoms with Crippen molar-refractivity contribution in [3.8, 4) is 6.01 Å². The minimum Gasteiger partial charge on any atom is -0.467 e. The third-order valence-corrected chi connectivity index (χ3v) is 1.56. The van der Waals surface area contributed by atoms with Crippen LogP contribution in [0.5, 0.6) is 6.01 Å². The van der Waals surface area contributed by atoms with E-state index in [-0.39, 0.29) is 17.9 Å². The molecule has 15 heavy (non-hydrogen) atoms. The van der Waals surface area contributed by atoms with Crippen LogP contribution in [0, 0.1) is 0 Å². The fourth-order valence-corrected chi connectivity index (χ4v) is 0.912. The van der Waals surface area contributed by atoms with E-state index < -0.39 is 13.0 Å². The predicted octanol–water partition coefficient (Wildman–Crippen LogP) is 0.164. The van der Waals surface area contributed by atoms with E-state index in [1.165, 1.54) is 19.1 Å². The molecule has 0 atom stereocenters. The summed E-state index contributed by atoms with van der Waals surface area (Å²) in [7, 11) is 2.78. The van der Waals surface area contributed by atoms with Gasteiger partial charge in [0.1, 0.15) is 0 Å². The molecule has 0 aliphatic heterocycles. The third kappa shape index (κ3) is 3.15. The Hall–Kier alpha value is -1.73. The van der Waals surface area contributed by atoms with Gasteiger partial charge in [0.2, 0.25) is 11.9 Å². The number of rotatable bonds is 4. The van der Waals surface area contributed by atoms with Crippen LogP contribution in [0.2, 0.25) is 0 Å². The van der Waals surface area contributed by atoms with Gasteiger partial charge in [0.15, 0.2) is 0 Å². The molecule has 84 valence electrons. The Balaban J connectivity index is 2.88. The van der Waals surface area contributed by atoms with Crippen LogP contribution < -0.4 is 15.4 Å². The van der Waals surface area contributed by atoms with Crippen molar-refractivity contribution in [1.82, 2.24) is 15.0 Å². The van der Waals surface area contributed by atoms with Gasteiger partial charge in [-0.15, -0.1) is 0 Å². The number of anilines is 2. The van der Waals surface area contributed by atoms with E-state index >= 15 is 0 Å². The molecule has 6 nitrogen and oxygen atoms in total. The number of nitrogen functional groups attached to an aromatic ring is 1. The second-order valence-electron chi connectivity index (χ2n) is 2.75. The molecule has 0 spiro atoms. The fourth-order valence-electron chi connectivity index (χ4n) is 0.912. The third-order valence-electron chi connectivity index (χ3n) is 1.56. The Morgan fingerprint density at radius 2 is 2.07 bits per heavy atom. The van der Waals surface area contributed by atoms with E-state index in [1.54, 1.807) is 0 Å².